The van der Waals surface area contributed by atoms with Gasteiger partial charge in [0.2, 0.25) is 12.4 Å². The van der Waals surface area contributed by atoms with E-state index in [4.69, 9.17) is 23.7 Å². The van der Waals surface area contributed by atoms with Crippen LogP contribution in [-0.4, -0.2) is 64.9 Å². The number of carbonyl (C=O) groups is 4. The van der Waals surface area contributed by atoms with E-state index in [1.54, 1.807) is 6.07 Å². The Balaban J connectivity index is 1.64. The second kappa shape index (κ2) is 12.4. The van der Waals surface area contributed by atoms with Gasteiger partial charge < -0.3 is 23.7 Å². The van der Waals surface area contributed by atoms with E-state index in [1.807, 2.05) is 60.7 Å². The van der Waals surface area contributed by atoms with Crippen LogP contribution in [-0.2, 0) is 44.6 Å². The van der Waals surface area contributed by atoms with Gasteiger partial charge in [-0.3, -0.25) is 19.1 Å². The Morgan fingerprint density at radius 2 is 1.41 bits per heavy atom. The van der Waals surface area contributed by atoms with E-state index in [9.17, 15) is 19.2 Å². The molecule has 1 fully saturated rings. The zero-order valence-corrected chi connectivity index (χ0v) is 21.6. The van der Waals surface area contributed by atoms with Crippen molar-refractivity contribution in [2.24, 2.45) is 0 Å². The predicted octanol–water partition coefficient (Wildman–Crippen LogP) is 2.91. The fraction of sp³-hybridized carbons (Fsp3) is 0.321. The van der Waals surface area contributed by atoms with Crippen molar-refractivity contribution in [2.75, 3.05) is 6.61 Å². The van der Waals surface area contributed by atoms with Crippen molar-refractivity contribution in [3.05, 3.63) is 78.0 Å². The second-order valence-corrected chi connectivity index (χ2v) is 8.83. The number of hydrogen-bond acceptors (Lipinski definition) is 10. The molecule has 204 valence electrons. The Morgan fingerprint density at radius 3 is 2.03 bits per heavy atom. The summed E-state index contributed by atoms with van der Waals surface area (Å²) in [6.07, 6.45) is -5.21. The van der Waals surface area contributed by atoms with Crippen LogP contribution in [0, 0.1) is 0 Å². The highest BCUT2D eigenvalue weighted by Crippen LogP contribution is 2.27. The minimum atomic E-state index is -1.46. The molecule has 11 heteroatoms. The van der Waals surface area contributed by atoms with Crippen LogP contribution >= 0.6 is 0 Å². The molecule has 2 heterocycles. The first-order chi connectivity index (χ1) is 18.7. The average molecular weight is 537 g/mol. The standard InChI is InChI=1S/C28H28N2O9/c1-17(31)36-24-16-35-28(26(38-19(3)33)25(24)37-18(2)32)39-27(34)23-14-22(21-12-8-5-9-13-21)29-30(23)15-20-10-6-4-7-11-20/h4-14,24-26,28H,15-16H2,1-3H3/t24-,25+,26-,28+/m1/s1. The molecule has 3 aromatic rings. The number of carbonyl (C=O) groups excluding carboxylic acids is 4. The first kappa shape index (κ1) is 27.5. The monoisotopic (exact) mass is 536 g/mol. The van der Waals surface area contributed by atoms with Gasteiger partial charge in [-0.2, -0.15) is 5.10 Å². The van der Waals surface area contributed by atoms with Gasteiger partial charge in [-0.05, 0) is 11.6 Å². The van der Waals surface area contributed by atoms with Crippen LogP contribution in [0.3, 0.4) is 0 Å². The highest BCUT2D eigenvalue weighted by Gasteiger charge is 2.49. The minimum Gasteiger partial charge on any atom is -0.456 e. The van der Waals surface area contributed by atoms with Gasteiger partial charge in [0.1, 0.15) is 5.69 Å². The molecular formula is C28H28N2O9. The zero-order chi connectivity index (χ0) is 27.9. The van der Waals surface area contributed by atoms with E-state index < -0.39 is 48.5 Å². The fourth-order valence-electron chi connectivity index (χ4n) is 4.18. The lowest BCUT2D eigenvalue weighted by molar-refractivity contribution is -0.266. The molecule has 0 unspecified atom stereocenters. The molecule has 0 bridgehead atoms. The molecule has 39 heavy (non-hydrogen) atoms. The smallest absolute Gasteiger partial charge is 0.359 e. The zero-order valence-electron chi connectivity index (χ0n) is 21.6. The molecule has 0 N–H and O–H groups in total. The Bertz CT molecular complexity index is 1320. The maximum absolute atomic E-state index is 13.5. The Hall–Kier alpha value is -4.51. The first-order valence-electron chi connectivity index (χ1n) is 12.2. The van der Waals surface area contributed by atoms with Crippen LogP contribution in [0.2, 0.25) is 0 Å². The summed E-state index contributed by atoms with van der Waals surface area (Å²) in [6.45, 7) is 3.48. The number of ether oxygens (including phenoxy) is 5. The lowest BCUT2D eigenvalue weighted by Gasteiger charge is -2.39. The summed E-state index contributed by atoms with van der Waals surface area (Å²) in [5.74, 6) is -2.92. The van der Waals surface area contributed by atoms with Gasteiger partial charge >= 0.3 is 23.9 Å². The SMILES string of the molecule is CC(=O)O[C@@H]1[C@@H](OC(C)=O)[C@H](OC(=O)c2cc(-c3ccccc3)nn2Cc2ccccc2)OC[C@H]1OC(C)=O. The van der Waals surface area contributed by atoms with Crippen molar-refractivity contribution in [3.63, 3.8) is 0 Å². The van der Waals surface area contributed by atoms with Crippen LogP contribution < -0.4 is 0 Å². The molecule has 1 aromatic heterocycles. The van der Waals surface area contributed by atoms with Crippen LogP contribution in [0.1, 0.15) is 36.8 Å². The van der Waals surface area contributed by atoms with Crippen molar-refractivity contribution in [1.29, 1.82) is 0 Å². The number of benzene rings is 2. The van der Waals surface area contributed by atoms with Crippen LogP contribution in [0.5, 0.6) is 0 Å². The third kappa shape index (κ3) is 7.08. The molecule has 1 aliphatic rings. The van der Waals surface area contributed by atoms with Gasteiger partial charge in [0.25, 0.3) is 0 Å². The summed E-state index contributed by atoms with van der Waals surface area (Å²) >= 11 is 0. The normalized spacial score (nSPS) is 20.5. The minimum absolute atomic E-state index is 0.119. The molecule has 0 radical (unpaired) electrons. The molecule has 4 atom stereocenters. The summed E-state index contributed by atoms with van der Waals surface area (Å²) in [4.78, 5) is 48.8. The fourth-order valence-corrected chi connectivity index (χ4v) is 4.18. The number of aromatic nitrogens is 2. The van der Waals surface area contributed by atoms with Gasteiger partial charge in [0.05, 0.1) is 18.8 Å². The second-order valence-electron chi connectivity index (χ2n) is 8.83. The van der Waals surface area contributed by atoms with Gasteiger partial charge in [-0.15, -0.1) is 0 Å². The van der Waals surface area contributed by atoms with Gasteiger partial charge in [-0.1, -0.05) is 60.7 Å². The lowest BCUT2D eigenvalue weighted by atomic mass is 10.0. The summed E-state index contributed by atoms with van der Waals surface area (Å²) in [6, 6.07) is 20.4. The summed E-state index contributed by atoms with van der Waals surface area (Å²) in [5.41, 5.74) is 2.37. The quantitative estimate of drug-likeness (QED) is 0.313. The molecule has 1 aliphatic heterocycles. The third-order valence-electron chi connectivity index (χ3n) is 5.76. The molecular weight excluding hydrogens is 508 g/mol. The maximum Gasteiger partial charge on any atom is 0.359 e. The highest BCUT2D eigenvalue weighted by atomic mass is 16.7. The molecule has 2 aromatic carbocycles. The van der Waals surface area contributed by atoms with Gasteiger partial charge in [0.15, 0.2) is 12.2 Å². The summed E-state index contributed by atoms with van der Waals surface area (Å²) < 4.78 is 28.7. The number of esters is 4. The topological polar surface area (TPSA) is 132 Å². The van der Waals surface area contributed by atoms with E-state index in [1.165, 1.54) is 11.6 Å². The molecule has 1 saturated heterocycles. The van der Waals surface area contributed by atoms with E-state index in [-0.39, 0.29) is 18.8 Å². The van der Waals surface area contributed by atoms with Gasteiger partial charge in [-0.25, -0.2) is 4.79 Å². The molecule has 0 aliphatic carbocycles. The van der Waals surface area contributed by atoms with Crippen LogP contribution in [0.4, 0.5) is 0 Å². The molecule has 0 amide bonds. The number of nitrogens with zero attached hydrogens (tertiary/aromatic N) is 2. The summed E-state index contributed by atoms with van der Waals surface area (Å²) in [7, 11) is 0. The van der Waals surface area contributed by atoms with E-state index in [0.717, 1.165) is 25.0 Å². The van der Waals surface area contributed by atoms with E-state index in [0.29, 0.717) is 5.69 Å². The number of hydrogen-bond donors (Lipinski definition) is 0. The molecule has 0 saturated carbocycles. The van der Waals surface area contributed by atoms with Crippen LogP contribution in [0.15, 0.2) is 66.7 Å². The molecule has 0 spiro atoms. The number of rotatable bonds is 8. The van der Waals surface area contributed by atoms with E-state index >= 15 is 0 Å². The third-order valence-corrected chi connectivity index (χ3v) is 5.76. The van der Waals surface area contributed by atoms with Crippen molar-refractivity contribution in [1.82, 2.24) is 9.78 Å². The lowest BCUT2D eigenvalue weighted by Crippen LogP contribution is -2.58. The molecule has 4 rings (SSSR count). The Kier molecular flexibility index (Phi) is 8.72. The summed E-state index contributed by atoms with van der Waals surface area (Å²) in [5, 5.41) is 4.62. The van der Waals surface area contributed by atoms with Crippen molar-refractivity contribution in [2.45, 2.75) is 51.9 Å². The maximum atomic E-state index is 13.5. The highest BCUT2D eigenvalue weighted by molar-refractivity contribution is 5.89. The van der Waals surface area contributed by atoms with Crippen LogP contribution in [0.25, 0.3) is 11.3 Å². The van der Waals surface area contributed by atoms with Crippen molar-refractivity contribution in [3.8, 4) is 11.3 Å². The Labute approximate surface area is 224 Å². The van der Waals surface area contributed by atoms with Crippen molar-refractivity contribution < 1.29 is 42.9 Å². The Morgan fingerprint density at radius 1 is 0.821 bits per heavy atom. The van der Waals surface area contributed by atoms with Gasteiger partial charge in [0, 0.05) is 26.3 Å². The molecule has 11 nitrogen and oxygen atoms in total. The van der Waals surface area contributed by atoms with Crippen molar-refractivity contribution >= 4 is 23.9 Å². The largest absolute Gasteiger partial charge is 0.456 e. The van der Waals surface area contributed by atoms with E-state index in [2.05, 4.69) is 5.10 Å². The predicted molar refractivity (Wildman–Crippen MR) is 135 cm³/mol. The first-order valence-corrected chi connectivity index (χ1v) is 12.2. The average Bonchev–Trinajstić information content (AvgIpc) is 3.31.